The average Bonchev–Trinajstić information content (AvgIpc) is 3.27. The third-order valence-corrected chi connectivity index (χ3v) is 4.29. The summed E-state index contributed by atoms with van der Waals surface area (Å²) in [7, 11) is 0. The zero-order valence-electron chi connectivity index (χ0n) is 16.3. The predicted molar refractivity (Wildman–Crippen MR) is 111 cm³/mol. The molecule has 6 nitrogen and oxygen atoms in total. The number of rotatable bonds is 9. The van der Waals surface area contributed by atoms with Crippen molar-refractivity contribution in [3.05, 3.63) is 83.8 Å². The van der Waals surface area contributed by atoms with Crippen LogP contribution in [0.1, 0.15) is 46.2 Å². The van der Waals surface area contributed by atoms with Crippen molar-refractivity contribution in [1.82, 2.24) is 5.32 Å². The number of ether oxygens (including phenoxy) is 1. The van der Waals surface area contributed by atoms with Gasteiger partial charge in [-0.15, -0.1) is 0 Å². The lowest BCUT2D eigenvalue weighted by molar-refractivity contribution is 0.0947. The van der Waals surface area contributed by atoms with Gasteiger partial charge >= 0.3 is 0 Å². The summed E-state index contributed by atoms with van der Waals surface area (Å²) in [5.41, 5.74) is 1.65. The highest BCUT2D eigenvalue weighted by molar-refractivity contribution is 6.04. The summed E-state index contributed by atoms with van der Waals surface area (Å²) in [6.07, 6.45) is 3.63. The minimum absolute atomic E-state index is 0.210. The van der Waals surface area contributed by atoms with Crippen molar-refractivity contribution < 1.29 is 18.7 Å². The van der Waals surface area contributed by atoms with Crippen LogP contribution in [0, 0.1) is 0 Å². The Hall–Kier alpha value is -3.54. The number of nitrogens with one attached hydrogen (secondary N) is 2. The van der Waals surface area contributed by atoms with Gasteiger partial charge in [0.15, 0.2) is 0 Å². The molecule has 0 aliphatic rings. The molecule has 2 N–H and O–H groups in total. The first-order chi connectivity index (χ1) is 14.2. The number of unbranched alkanes of at least 4 members (excludes halogenated alkanes) is 1. The number of hydrogen-bond donors (Lipinski definition) is 2. The lowest BCUT2D eigenvalue weighted by Gasteiger charge is -2.08. The standard InChI is InChI=1S/C23H24N2O4/c1-2-3-14-28-20-12-8-18(9-13-20)23(27)25-19-10-6-17(7-11-19)22(26)24-16-21-5-4-15-29-21/h4-13,15H,2-3,14,16H2,1H3,(H,24,26)(H,25,27). The van der Waals surface area contributed by atoms with Gasteiger partial charge in [-0.05, 0) is 67.1 Å². The topological polar surface area (TPSA) is 80.6 Å². The van der Waals surface area contributed by atoms with Crippen LogP contribution in [0.3, 0.4) is 0 Å². The monoisotopic (exact) mass is 392 g/mol. The zero-order chi connectivity index (χ0) is 20.5. The van der Waals surface area contributed by atoms with Crippen molar-refractivity contribution in [3.8, 4) is 5.75 Å². The molecule has 2 amide bonds. The molecule has 0 saturated carbocycles. The molecule has 150 valence electrons. The molecular formula is C23H24N2O4. The molecule has 0 aliphatic carbocycles. The van der Waals surface area contributed by atoms with E-state index in [1.54, 1.807) is 66.9 Å². The zero-order valence-corrected chi connectivity index (χ0v) is 16.3. The second-order valence-corrected chi connectivity index (χ2v) is 6.52. The van der Waals surface area contributed by atoms with Crippen molar-refractivity contribution in [3.63, 3.8) is 0 Å². The van der Waals surface area contributed by atoms with E-state index in [-0.39, 0.29) is 11.8 Å². The van der Waals surface area contributed by atoms with E-state index in [0.29, 0.717) is 35.7 Å². The second-order valence-electron chi connectivity index (χ2n) is 6.52. The first kappa shape index (κ1) is 20.2. The molecule has 0 bridgehead atoms. The number of anilines is 1. The Kier molecular flexibility index (Phi) is 7.05. The normalized spacial score (nSPS) is 10.4. The molecule has 0 atom stereocenters. The average molecular weight is 392 g/mol. The van der Waals surface area contributed by atoms with E-state index < -0.39 is 0 Å². The van der Waals surface area contributed by atoms with Gasteiger partial charge in [0.1, 0.15) is 11.5 Å². The lowest BCUT2D eigenvalue weighted by Crippen LogP contribution is -2.22. The number of hydrogen-bond acceptors (Lipinski definition) is 4. The summed E-state index contributed by atoms with van der Waals surface area (Å²) >= 11 is 0. The molecule has 0 aliphatic heterocycles. The third kappa shape index (κ3) is 5.97. The first-order valence-corrected chi connectivity index (χ1v) is 9.60. The summed E-state index contributed by atoms with van der Waals surface area (Å²) < 4.78 is 10.8. The van der Waals surface area contributed by atoms with Crippen LogP contribution in [0.4, 0.5) is 5.69 Å². The van der Waals surface area contributed by atoms with E-state index in [1.807, 2.05) is 0 Å². The van der Waals surface area contributed by atoms with E-state index in [9.17, 15) is 9.59 Å². The Morgan fingerprint density at radius 3 is 2.28 bits per heavy atom. The highest BCUT2D eigenvalue weighted by atomic mass is 16.5. The van der Waals surface area contributed by atoms with Gasteiger partial charge in [-0.1, -0.05) is 13.3 Å². The van der Waals surface area contributed by atoms with E-state index >= 15 is 0 Å². The van der Waals surface area contributed by atoms with E-state index in [2.05, 4.69) is 17.6 Å². The maximum absolute atomic E-state index is 12.4. The van der Waals surface area contributed by atoms with Crippen molar-refractivity contribution in [1.29, 1.82) is 0 Å². The van der Waals surface area contributed by atoms with Crippen LogP contribution in [0.25, 0.3) is 0 Å². The van der Waals surface area contributed by atoms with E-state index in [4.69, 9.17) is 9.15 Å². The Morgan fingerprint density at radius 1 is 0.931 bits per heavy atom. The number of amides is 2. The molecular weight excluding hydrogens is 368 g/mol. The van der Waals surface area contributed by atoms with Gasteiger partial charge in [0.25, 0.3) is 11.8 Å². The molecule has 1 aromatic heterocycles. The van der Waals surface area contributed by atoms with Gasteiger partial charge in [-0.2, -0.15) is 0 Å². The fourth-order valence-corrected chi connectivity index (χ4v) is 2.63. The number of carbonyl (C=O) groups excluding carboxylic acids is 2. The highest BCUT2D eigenvalue weighted by Crippen LogP contribution is 2.15. The summed E-state index contributed by atoms with van der Waals surface area (Å²) in [6.45, 7) is 3.10. The van der Waals surface area contributed by atoms with Crippen LogP contribution in [0.5, 0.6) is 5.75 Å². The van der Waals surface area contributed by atoms with E-state index in [0.717, 1.165) is 18.6 Å². The lowest BCUT2D eigenvalue weighted by atomic mass is 10.1. The maximum Gasteiger partial charge on any atom is 0.255 e. The molecule has 29 heavy (non-hydrogen) atoms. The Labute approximate surface area is 169 Å². The van der Waals surface area contributed by atoms with Gasteiger partial charge in [0.05, 0.1) is 19.4 Å². The minimum atomic E-state index is -0.222. The summed E-state index contributed by atoms with van der Waals surface area (Å²) in [4.78, 5) is 24.6. The molecule has 0 saturated heterocycles. The van der Waals surface area contributed by atoms with Crippen molar-refractivity contribution in [2.75, 3.05) is 11.9 Å². The fraction of sp³-hybridized carbons (Fsp3) is 0.217. The van der Waals surface area contributed by atoms with Gasteiger partial charge in [-0.25, -0.2) is 0 Å². The smallest absolute Gasteiger partial charge is 0.255 e. The Balaban J connectivity index is 1.52. The maximum atomic E-state index is 12.4. The minimum Gasteiger partial charge on any atom is -0.494 e. The SMILES string of the molecule is CCCCOc1ccc(C(=O)Nc2ccc(C(=O)NCc3ccco3)cc2)cc1. The third-order valence-electron chi connectivity index (χ3n) is 4.29. The highest BCUT2D eigenvalue weighted by Gasteiger charge is 2.09. The van der Waals surface area contributed by atoms with Gasteiger partial charge in [0.2, 0.25) is 0 Å². The van der Waals surface area contributed by atoms with Gasteiger partial charge in [-0.3, -0.25) is 9.59 Å². The van der Waals surface area contributed by atoms with Crippen LogP contribution in [0.2, 0.25) is 0 Å². The molecule has 0 spiro atoms. The Bertz CT molecular complexity index is 917. The predicted octanol–water partition coefficient (Wildman–Crippen LogP) is 4.64. The van der Waals surface area contributed by atoms with Crippen molar-refractivity contribution >= 4 is 17.5 Å². The second kappa shape index (κ2) is 10.1. The molecule has 0 radical (unpaired) electrons. The van der Waals surface area contributed by atoms with Gasteiger partial charge < -0.3 is 19.8 Å². The van der Waals surface area contributed by atoms with Crippen LogP contribution < -0.4 is 15.4 Å². The molecule has 3 rings (SSSR count). The van der Waals surface area contributed by atoms with Crippen LogP contribution in [-0.4, -0.2) is 18.4 Å². The Morgan fingerprint density at radius 2 is 1.62 bits per heavy atom. The van der Waals surface area contributed by atoms with Crippen LogP contribution in [-0.2, 0) is 6.54 Å². The molecule has 2 aromatic carbocycles. The number of furan rings is 1. The first-order valence-electron chi connectivity index (χ1n) is 9.60. The quantitative estimate of drug-likeness (QED) is 0.520. The number of benzene rings is 2. The molecule has 0 fully saturated rings. The van der Waals surface area contributed by atoms with Crippen LogP contribution >= 0.6 is 0 Å². The van der Waals surface area contributed by atoms with Crippen LogP contribution in [0.15, 0.2) is 71.3 Å². The molecule has 6 heteroatoms. The molecule has 3 aromatic rings. The van der Waals surface area contributed by atoms with E-state index in [1.165, 1.54) is 0 Å². The molecule has 1 heterocycles. The van der Waals surface area contributed by atoms with Crippen molar-refractivity contribution in [2.45, 2.75) is 26.3 Å². The number of carbonyl (C=O) groups is 2. The van der Waals surface area contributed by atoms with Gasteiger partial charge in [0, 0.05) is 16.8 Å². The van der Waals surface area contributed by atoms with Crippen molar-refractivity contribution in [2.24, 2.45) is 0 Å². The largest absolute Gasteiger partial charge is 0.494 e. The summed E-state index contributed by atoms with van der Waals surface area (Å²) in [5, 5.41) is 5.60. The molecule has 0 unspecified atom stereocenters. The summed E-state index contributed by atoms with van der Waals surface area (Å²) in [5.74, 6) is 1.00. The summed E-state index contributed by atoms with van der Waals surface area (Å²) in [6, 6.07) is 17.3. The fourth-order valence-electron chi connectivity index (χ4n) is 2.63.